The highest BCUT2D eigenvalue weighted by atomic mass is 32.2. The minimum atomic E-state index is -0.215. The molecule has 0 aliphatic heterocycles. The summed E-state index contributed by atoms with van der Waals surface area (Å²) in [4.78, 5) is 18.6. The van der Waals surface area contributed by atoms with Crippen molar-refractivity contribution < 1.29 is 4.39 Å². The molecule has 1 aliphatic rings. The Labute approximate surface area is 153 Å². The number of benzene rings is 2. The normalized spacial score (nSPS) is 14.1. The van der Waals surface area contributed by atoms with Gasteiger partial charge in [0, 0.05) is 22.4 Å². The number of hydrogen-bond acceptors (Lipinski definition) is 4. The monoisotopic (exact) mass is 372 g/mol. The molecule has 1 aliphatic carbocycles. The molecule has 1 aromatic heterocycles. The molecule has 128 valence electrons. The van der Waals surface area contributed by atoms with E-state index in [-0.39, 0.29) is 11.4 Å². The average molecular weight is 372 g/mol. The van der Waals surface area contributed by atoms with Crippen molar-refractivity contribution in [2.24, 2.45) is 0 Å². The number of para-hydroxylation sites is 1. The van der Waals surface area contributed by atoms with Crippen molar-refractivity contribution in [3.8, 4) is 0 Å². The molecule has 0 saturated heterocycles. The molecule has 0 radical (unpaired) electrons. The van der Waals surface area contributed by atoms with Crippen molar-refractivity contribution in [2.45, 2.75) is 28.9 Å². The van der Waals surface area contributed by atoms with Gasteiger partial charge in [-0.3, -0.25) is 9.36 Å². The molecule has 3 aromatic rings. The van der Waals surface area contributed by atoms with Crippen molar-refractivity contribution in [1.29, 1.82) is 0 Å². The number of halogens is 1. The van der Waals surface area contributed by atoms with E-state index in [0.717, 1.165) is 39.9 Å². The van der Waals surface area contributed by atoms with Crippen LogP contribution in [0, 0.1) is 5.82 Å². The van der Waals surface area contributed by atoms with Crippen LogP contribution in [0.25, 0.3) is 10.9 Å². The van der Waals surface area contributed by atoms with Crippen LogP contribution in [0.2, 0.25) is 0 Å². The first-order chi connectivity index (χ1) is 12.2. The summed E-state index contributed by atoms with van der Waals surface area (Å²) in [5, 5.41) is 1.50. The summed E-state index contributed by atoms with van der Waals surface area (Å²) in [7, 11) is 0. The summed E-state index contributed by atoms with van der Waals surface area (Å²) in [6, 6.07) is 14.4. The Morgan fingerprint density at radius 3 is 2.52 bits per heavy atom. The Bertz CT molecular complexity index is 952. The molecule has 0 amide bonds. The number of fused-ring (bicyclic) bond motifs is 1. The maximum Gasteiger partial charge on any atom is 0.262 e. The van der Waals surface area contributed by atoms with Gasteiger partial charge in [-0.2, -0.15) is 0 Å². The second-order valence-electron chi connectivity index (χ2n) is 5.97. The molecule has 25 heavy (non-hydrogen) atoms. The van der Waals surface area contributed by atoms with E-state index in [1.165, 1.54) is 12.1 Å². The molecule has 1 saturated carbocycles. The van der Waals surface area contributed by atoms with Gasteiger partial charge in [0.1, 0.15) is 5.82 Å². The lowest BCUT2D eigenvalue weighted by Gasteiger charge is -2.12. The molecule has 0 N–H and O–H groups in total. The van der Waals surface area contributed by atoms with Gasteiger partial charge in [0.2, 0.25) is 0 Å². The lowest BCUT2D eigenvalue weighted by atomic mass is 10.2. The Morgan fingerprint density at radius 2 is 1.76 bits per heavy atom. The van der Waals surface area contributed by atoms with Crippen molar-refractivity contribution >= 4 is 34.4 Å². The van der Waals surface area contributed by atoms with Gasteiger partial charge in [-0.05, 0) is 49.2 Å². The molecule has 6 heteroatoms. The minimum Gasteiger partial charge on any atom is -0.284 e. The molecular weight excluding hydrogens is 355 g/mol. The van der Waals surface area contributed by atoms with E-state index >= 15 is 0 Å². The van der Waals surface area contributed by atoms with E-state index in [1.807, 2.05) is 28.8 Å². The Hall–Kier alpha value is -1.79. The topological polar surface area (TPSA) is 34.9 Å². The molecule has 1 fully saturated rings. The highest BCUT2D eigenvalue weighted by molar-refractivity contribution is 8.02. The van der Waals surface area contributed by atoms with Gasteiger partial charge in [-0.25, -0.2) is 9.37 Å². The summed E-state index contributed by atoms with van der Waals surface area (Å²) in [5.74, 6) is 1.51. The summed E-state index contributed by atoms with van der Waals surface area (Å²) in [6.45, 7) is 0. The Kier molecular flexibility index (Phi) is 4.81. The SMILES string of the molecule is O=c1c2ccccc2nc(SCCSc2ccc(F)cc2)n1C1CC1. The van der Waals surface area contributed by atoms with Gasteiger partial charge < -0.3 is 0 Å². The number of nitrogens with zero attached hydrogens (tertiary/aromatic N) is 2. The predicted octanol–water partition coefficient (Wildman–Crippen LogP) is 4.75. The van der Waals surface area contributed by atoms with Crippen molar-refractivity contribution in [2.75, 3.05) is 11.5 Å². The molecule has 0 unspecified atom stereocenters. The van der Waals surface area contributed by atoms with Crippen molar-refractivity contribution in [3.63, 3.8) is 0 Å². The standard InChI is InChI=1S/C19H17FN2OS2/c20-13-5-9-15(10-6-13)24-11-12-25-19-21-17-4-2-1-3-16(17)18(23)22(19)14-7-8-14/h1-6,9-10,14H,7-8,11-12H2. The zero-order valence-corrected chi connectivity index (χ0v) is 15.2. The molecule has 0 bridgehead atoms. The van der Waals surface area contributed by atoms with Gasteiger partial charge in [0.15, 0.2) is 5.16 Å². The van der Waals surface area contributed by atoms with Gasteiger partial charge in [-0.1, -0.05) is 23.9 Å². The van der Waals surface area contributed by atoms with Crippen molar-refractivity contribution in [1.82, 2.24) is 9.55 Å². The van der Waals surface area contributed by atoms with Gasteiger partial charge in [0.25, 0.3) is 5.56 Å². The van der Waals surface area contributed by atoms with Crippen LogP contribution in [0.3, 0.4) is 0 Å². The molecule has 3 nitrogen and oxygen atoms in total. The fraction of sp³-hybridized carbons (Fsp3) is 0.263. The first-order valence-electron chi connectivity index (χ1n) is 8.25. The highest BCUT2D eigenvalue weighted by Crippen LogP contribution is 2.37. The lowest BCUT2D eigenvalue weighted by Crippen LogP contribution is -2.22. The number of rotatable bonds is 6. The minimum absolute atomic E-state index is 0.0711. The summed E-state index contributed by atoms with van der Waals surface area (Å²) in [5.41, 5.74) is 0.833. The van der Waals surface area contributed by atoms with Crippen LogP contribution >= 0.6 is 23.5 Å². The van der Waals surface area contributed by atoms with Crippen LogP contribution in [-0.2, 0) is 0 Å². The largest absolute Gasteiger partial charge is 0.284 e. The first-order valence-corrected chi connectivity index (χ1v) is 10.2. The maximum atomic E-state index is 12.9. The van der Waals surface area contributed by atoms with Crippen LogP contribution in [0.5, 0.6) is 0 Å². The Morgan fingerprint density at radius 1 is 1.04 bits per heavy atom. The predicted molar refractivity (Wildman–Crippen MR) is 102 cm³/mol. The first kappa shape index (κ1) is 16.7. The summed E-state index contributed by atoms with van der Waals surface area (Å²) < 4.78 is 14.8. The van der Waals surface area contributed by atoms with E-state index in [1.54, 1.807) is 35.7 Å². The number of hydrogen-bond donors (Lipinski definition) is 0. The van der Waals surface area contributed by atoms with Crippen LogP contribution < -0.4 is 5.56 Å². The maximum absolute atomic E-state index is 12.9. The fourth-order valence-corrected chi connectivity index (χ4v) is 4.65. The smallest absolute Gasteiger partial charge is 0.262 e. The Balaban J connectivity index is 1.50. The number of thioether (sulfide) groups is 2. The van der Waals surface area contributed by atoms with Crippen molar-refractivity contribution in [3.05, 3.63) is 64.7 Å². The molecular formula is C19H17FN2OS2. The zero-order valence-electron chi connectivity index (χ0n) is 13.5. The molecule has 0 atom stereocenters. The van der Waals surface area contributed by atoms with Gasteiger partial charge >= 0.3 is 0 Å². The van der Waals surface area contributed by atoms with Crippen LogP contribution in [0.4, 0.5) is 4.39 Å². The highest BCUT2D eigenvalue weighted by Gasteiger charge is 2.28. The summed E-state index contributed by atoms with van der Waals surface area (Å²) >= 11 is 3.31. The summed E-state index contributed by atoms with van der Waals surface area (Å²) in [6.07, 6.45) is 2.11. The van der Waals surface area contributed by atoms with Gasteiger partial charge in [-0.15, -0.1) is 11.8 Å². The lowest BCUT2D eigenvalue weighted by molar-refractivity contribution is 0.618. The third-order valence-electron chi connectivity index (χ3n) is 4.08. The molecule has 2 aromatic carbocycles. The van der Waals surface area contributed by atoms with E-state index in [2.05, 4.69) is 0 Å². The second-order valence-corrected chi connectivity index (χ2v) is 8.20. The van der Waals surface area contributed by atoms with E-state index in [9.17, 15) is 9.18 Å². The van der Waals surface area contributed by atoms with E-state index in [4.69, 9.17) is 4.98 Å². The fourth-order valence-electron chi connectivity index (χ4n) is 2.71. The third kappa shape index (κ3) is 3.75. The third-order valence-corrected chi connectivity index (χ3v) is 6.31. The molecule has 0 spiro atoms. The van der Waals surface area contributed by atoms with Crippen LogP contribution in [0.15, 0.2) is 63.4 Å². The van der Waals surface area contributed by atoms with Crippen LogP contribution in [-0.4, -0.2) is 21.1 Å². The van der Waals surface area contributed by atoms with E-state index in [0.29, 0.717) is 11.4 Å². The molecule has 1 heterocycles. The van der Waals surface area contributed by atoms with Gasteiger partial charge in [0.05, 0.1) is 10.9 Å². The number of aromatic nitrogens is 2. The average Bonchev–Trinajstić information content (AvgIpc) is 3.45. The van der Waals surface area contributed by atoms with E-state index < -0.39 is 0 Å². The second kappa shape index (κ2) is 7.22. The molecule has 4 rings (SSSR count). The quantitative estimate of drug-likeness (QED) is 0.355. The van der Waals surface area contributed by atoms with Crippen LogP contribution in [0.1, 0.15) is 18.9 Å². The zero-order chi connectivity index (χ0) is 17.2.